The zero-order chi connectivity index (χ0) is 21.0. The molecule has 1 atom stereocenters. The Hall–Kier alpha value is -3.25. The highest BCUT2D eigenvalue weighted by Gasteiger charge is 2.25. The van der Waals surface area contributed by atoms with Gasteiger partial charge in [-0.1, -0.05) is 29.8 Å². The van der Waals surface area contributed by atoms with Crippen LogP contribution in [-0.4, -0.2) is 21.7 Å². The first-order valence-electron chi connectivity index (χ1n) is 8.91. The number of hydrogen-bond donors (Lipinski definition) is 1. The molecular weight excluding hydrogens is 393 g/mol. The molecule has 0 aliphatic carbocycles. The van der Waals surface area contributed by atoms with Gasteiger partial charge >= 0.3 is 0 Å². The Morgan fingerprint density at radius 1 is 1.14 bits per heavy atom. The van der Waals surface area contributed by atoms with E-state index in [0.29, 0.717) is 10.6 Å². The fourth-order valence-corrected chi connectivity index (χ4v) is 3.39. The highest BCUT2D eigenvalue weighted by molar-refractivity contribution is 6.31. The fraction of sp³-hybridized carbons (Fsp3) is 0.136. The highest BCUT2D eigenvalue weighted by atomic mass is 35.5. The third-order valence-electron chi connectivity index (χ3n) is 4.61. The van der Waals surface area contributed by atoms with Crippen molar-refractivity contribution in [2.45, 2.75) is 19.5 Å². The quantitative estimate of drug-likeness (QED) is 0.654. The summed E-state index contributed by atoms with van der Waals surface area (Å²) in [6, 6.07) is 13.4. The first kappa shape index (κ1) is 20.5. The number of carbonyl (C=O) groups is 2. The summed E-state index contributed by atoms with van der Waals surface area (Å²) < 4.78 is 13.7. The van der Waals surface area contributed by atoms with Crippen molar-refractivity contribution in [3.05, 3.63) is 100 Å². The second kappa shape index (κ2) is 8.84. The van der Waals surface area contributed by atoms with Crippen LogP contribution in [0.5, 0.6) is 0 Å². The standard InChI is InChI=1S/C22H19ClFN3O2/c1-14(19-8-7-16(21(25)28)11-20(19)23)27(13-15-4-3-9-26-12-15)22(29)17-5-2-6-18(24)10-17/h2-12,14H,13H2,1H3,(H2,25,28). The van der Waals surface area contributed by atoms with Crippen LogP contribution in [0, 0.1) is 5.82 Å². The van der Waals surface area contributed by atoms with E-state index in [1.54, 1.807) is 41.6 Å². The fourth-order valence-electron chi connectivity index (χ4n) is 3.05. The van der Waals surface area contributed by atoms with Gasteiger partial charge in [0.1, 0.15) is 5.82 Å². The second-order valence-corrected chi connectivity index (χ2v) is 6.99. The lowest BCUT2D eigenvalue weighted by molar-refractivity contribution is 0.0673. The summed E-state index contributed by atoms with van der Waals surface area (Å²) in [6.45, 7) is 2.07. The van der Waals surface area contributed by atoms with Crippen molar-refractivity contribution in [1.82, 2.24) is 9.88 Å². The summed E-state index contributed by atoms with van der Waals surface area (Å²) in [4.78, 5) is 30.3. The van der Waals surface area contributed by atoms with E-state index in [0.717, 1.165) is 5.56 Å². The highest BCUT2D eigenvalue weighted by Crippen LogP contribution is 2.30. The summed E-state index contributed by atoms with van der Waals surface area (Å²) >= 11 is 6.37. The molecule has 2 amide bonds. The third kappa shape index (κ3) is 4.78. The summed E-state index contributed by atoms with van der Waals surface area (Å²) in [5.41, 5.74) is 7.27. The van der Waals surface area contributed by atoms with Crippen LogP contribution >= 0.6 is 11.6 Å². The Labute approximate surface area is 172 Å². The predicted molar refractivity (Wildman–Crippen MR) is 109 cm³/mol. The lowest BCUT2D eigenvalue weighted by Crippen LogP contribution is -2.33. The first-order valence-corrected chi connectivity index (χ1v) is 9.29. The lowest BCUT2D eigenvalue weighted by Gasteiger charge is -2.30. The molecule has 0 aliphatic rings. The molecule has 0 saturated heterocycles. The molecule has 0 radical (unpaired) electrons. The minimum absolute atomic E-state index is 0.227. The molecule has 0 saturated carbocycles. The van der Waals surface area contributed by atoms with Crippen molar-refractivity contribution in [2.75, 3.05) is 0 Å². The molecule has 0 bridgehead atoms. The Morgan fingerprint density at radius 3 is 2.55 bits per heavy atom. The molecule has 0 spiro atoms. The maximum Gasteiger partial charge on any atom is 0.254 e. The van der Waals surface area contributed by atoms with Gasteiger partial charge in [0.2, 0.25) is 5.91 Å². The average Bonchev–Trinajstić information content (AvgIpc) is 2.71. The number of primary amides is 1. The van der Waals surface area contributed by atoms with Gasteiger partial charge in [-0.2, -0.15) is 0 Å². The van der Waals surface area contributed by atoms with E-state index in [1.807, 2.05) is 13.0 Å². The van der Waals surface area contributed by atoms with Crippen LogP contribution < -0.4 is 5.73 Å². The monoisotopic (exact) mass is 411 g/mol. The summed E-state index contributed by atoms with van der Waals surface area (Å²) in [6.07, 6.45) is 3.31. The Balaban J connectivity index is 2.00. The van der Waals surface area contributed by atoms with Crippen molar-refractivity contribution in [3.8, 4) is 0 Å². The van der Waals surface area contributed by atoms with Gasteiger partial charge in [0.05, 0.1) is 6.04 Å². The molecule has 2 aromatic carbocycles. The number of benzene rings is 2. The molecule has 0 aliphatic heterocycles. The Bertz CT molecular complexity index is 1040. The molecule has 3 rings (SSSR count). The number of rotatable bonds is 6. The van der Waals surface area contributed by atoms with E-state index in [1.165, 1.54) is 24.3 Å². The Morgan fingerprint density at radius 2 is 1.93 bits per heavy atom. The molecule has 2 N–H and O–H groups in total. The number of pyridine rings is 1. The van der Waals surface area contributed by atoms with E-state index in [-0.39, 0.29) is 23.6 Å². The van der Waals surface area contributed by atoms with Crippen molar-refractivity contribution in [2.24, 2.45) is 5.73 Å². The molecule has 29 heavy (non-hydrogen) atoms. The number of nitrogens with zero attached hydrogens (tertiary/aromatic N) is 2. The molecule has 148 valence electrons. The van der Waals surface area contributed by atoms with Crippen LogP contribution in [0.2, 0.25) is 5.02 Å². The number of aromatic nitrogens is 1. The van der Waals surface area contributed by atoms with Crippen molar-refractivity contribution < 1.29 is 14.0 Å². The van der Waals surface area contributed by atoms with E-state index in [4.69, 9.17) is 17.3 Å². The Kier molecular flexibility index (Phi) is 6.24. The van der Waals surface area contributed by atoms with E-state index in [9.17, 15) is 14.0 Å². The van der Waals surface area contributed by atoms with Crippen LogP contribution in [0.3, 0.4) is 0 Å². The topological polar surface area (TPSA) is 76.3 Å². The number of nitrogens with two attached hydrogens (primary N) is 1. The zero-order valence-electron chi connectivity index (χ0n) is 15.7. The molecule has 3 aromatic rings. The van der Waals surface area contributed by atoms with Crippen molar-refractivity contribution in [1.29, 1.82) is 0 Å². The van der Waals surface area contributed by atoms with Crippen LogP contribution in [0.4, 0.5) is 4.39 Å². The van der Waals surface area contributed by atoms with Crippen molar-refractivity contribution >= 4 is 23.4 Å². The van der Waals surface area contributed by atoms with Crippen molar-refractivity contribution in [3.63, 3.8) is 0 Å². The normalized spacial score (nSPS) is 11.7. The lowest BCUT2D eigenvalue weighted by atomic mass is 10.0. The maximum atomic E-state index is 13.7. The zero-order valence-corrected chi connectivity index (χ0v) is 16.4. The number of carbonyl (C=O) groups excluding carboxylic acids is 2. The SMILES string of the molecule is CC(c1ccc(C(N)=O)cc1Cl)N(Cc1cccnc1)C(=O)c1cccc(F)c1. The predicted octanol–water partition coefficient (Wildman–Crippen LogP) is 4.38. The van der Waals surface area contributed by atoms with Gasteiger partial charge in [0.15, 0.2) is 0 Å². The molecule has 7 heteroatoms. The number of hydrogen-bond acceptors (Lipinski definition) is 3. The summed E-state index contributed by atoms with van der Waals surface area (Å²) in [5, 5.41) is 0.317. The number of amides is 2. The van der Waals surface area contributed by atoms with Crippen LogP contribution in [0.25, 0.3) is 0 Å². The molecule has 1 aromatic heterocycles. The van der Waals surface area contributed by atoms with Crippen LogP contribution in [-0.2, 0) is 6.54 Å². The summed E-state index contributed by atoms with van der Waals surface area (Å²) in [5.74, 6) is -1.43. The van der Waals surface area contributed by atoms with Gasteiger partial charge in [0, 0.05) is 35.1 Å². The molecular formula is C22H19ClFN3O2. The largest absolute Gasteiger partial charge is 0.366 e. The minimum Gasteiger partial charge on any atom is -0.366 e. The third-order valence-corrected chi connectivity index (χ3v) is 4.94. The first-order chi connectivity index (χ1) is 13.9. The summed E-state index contributed by atoms with van der Waals surface area (Å²) in [7, 11) is 0. The van der Waals surface area contributed by atoms with Gasteiger partial charge in [-0.25, -0.2) is 4.39 Å². The van der Waals surface area contributed by atoms with Crippen LogP contribution in [0.1, 0.15) is 44.8 Å². The van der Waals surface area contributed by atoms with E-state index >= 15 is 0 Å². The van der Waals surface area contributed by atoms with Gasteiger partial charge in [-0.3, -0.25) is 14.6 Å². The molecule has 5 nitrogen and oxygen atoms in total. The van der Waals surface area contributed by atoms with Gasteiger partial charge < -0.3 is 10.6 Å². The van der Waals surface area contributed by atoms with E-state index < -0.39 is 17.8 Å². The smallest absolute Gasteiger partial charge is 0.254 e. The van der Waals surface area contributed by atoms with Gasteiger partial charge in [-0.05, 0) is 54.4 Å². The van der Waals surface area contributed by atoms with E-state index in [2.05, 4.69) is 4.98 Å². The maximum absolute atomic E-state index is 13.7. The molecule has 0 fully saturated rings. The molecule has 1 heterocycles. The van der Waals surface area contributed by atoms with Crippen LogP contribution in [0.15, 0.2) is 67.0 Å². The second-order valence-electron chi connectivity index (χ2n) is 6.58. The number of halogens is 2. The van der Waals surface area contributed by atoms with Gasteiger partial charge in [-0.15, -0.1) is 0 Å². The van der Waals surface area contributed by atoms with Gasteiger partial charge in [0.25, 0.3) is 5.91 Å². The minimum atomic E-state index is -0.589. The molecule has 1 unspecified atom stereocenters. The average molecular weight is 412 g/mol.